The van der Waals surface area contributed by atoms with Gasteiger partial charge in [-0.1, -0.05) is 12.8 Å². The zero-order valence-corrected chi connectivity index (χ0v) is 20.6. The average molecular weight is 572 g/mol. The zero-order chi connectivity index (χ0) is 17.7. The highest BCUT2D eigenvalue weighted by Gasteiger charge is 2.32. The molecule has 0 bridgehead atoms. The standard InChI is InChI=1S/C18H23Br3N4.ClH/c1-22-11-7-3-4-8-12(11)24(2)18-23-16-15(21)14(20)13(19)10-6-5-9-25(18)17(10)16;/h11-12,22H,3-9H2,1-2H3;1H/t11-,12-;/m1./s1. The van der Waals surface area contributed by atoms with Crippen molar-refractivity contribution in [3.63, 3.8) is 0 Å². The summed E-state index contributed by atoms with van der Waals surface area (Å²) in [6.45, 7) is 1.04. The third-order valence-electron chi connectivity index (χ3n) is 5.81. The Labute approximate surface area is 186 Å². The van der Waals surface area contributed by atoms with E-state index in [1.54, 1.807) is 0 Å². The summed E-state index contributed by atoms with van der Waals surface area (Å²) >= 11 is 11.3. The van der Waals surface area contributed by atoms with Crippen LogP contribution in [0, 0.1) is 0 Å². The van der Waals surface area contributed by atoms with Crippen LogP contribution in [0.1, 0.15) is 37.7 Å². The van der Waals surface area contributed by atoms with E-state index in [4.69, 9.17) is 4.98 Å². The molecule has 1 aromatic heterocycles. The van der Waals surface area contributed by atoms with Crippen LogP contribution in [-0.2, 0) is 13.0 Å². The van der Waals surface area contributed by atoms with Gasteiger partial charge in [0.05, 0.1) is 9.99 Å². The summed E-state index contributed by atoms with van der Waals surface area (Å²) < 4.78 is 5.70. The van der Waals surface area contributed by atoms with Crippen LogP contribution in [0.4, 0.5) is 5.95 Å². The van der Waals surface area contributed by atoms with Crippen molar-refractivity contribution in [2.75, 3.05) is 19.0 Å². The summed E-state index contributed by atoms with van der Waals surface area (Å²) in [5.74, 6) is 1.11. The highest BCUT2D eigenvalue weighted by atomic mass is 79.9. The molecule has 26 heavy (non-hydrogen) atoms. The lowest BCUT2D eigenvalue weighted by Gasteiger charge is -2.38. The van der Waals surface area contributed by atoms with Crippen molar-refractivity contribution >= 4 is 77.2 Å². The molecule has 1 aliphatic carbocycles. The number of anilines is 1. The molecule has 1 aliphatic heterocycles. The molecule has 0 saturated heterocycles. The molecule has 2 heterocycles. The van der Waals surface area contributed by atoms with Gasteiger partial charge in [-0.25, -0.2) is 4.98 Å². The molecule has 0 radical (unpaired) electrons. The lowest BCUT2D eigenvalue weighted by Crippen LogP contribution is -2.50. The summed E-state index contributed by atoms with van der Waals surface area (Å²) in [7, 11) is 4.31. The Kier molecular flexibility index (Phi) is 6.65. The van der Waals surface area contributed by atoms with Gasteiger partial charge in [0.15, 0.2) is 0 Å². The molecular formula is C18H24Br3ClN4. The first-order valence-electron chi connectivity index (χ1n) is 9.00. The van der Waals surface area contributed by atoms with Crippen LogP contribution in [0.25, 0.3) is 11.0 Å². The first kappa shape index (κ1) is 20.9. The topological polar surface area (TPSA) is 33.1 Å². The maximum absolute atomic E-state index is 5.09. The predicted octanol–water partition coefficient (Wildman–Crippen LogP) is 5.66. The molecule has 1 saturated carbocycles. The molecule has 144 valence electrons. The van der Waals surface area contributed by atoms with Gasteiger partial charge >= 0.3 is 0 Å². The van der Waals surface area contributed by atoms with Crippen LogP contribution in [0.15, 0.2) is 13.4 Å². The van der Waals surface area contributed by atoms with Crippen molar-refractivity contribution in [2.45, 2.75) is 57.2 Å². The quantitative estimate of drug-likeness (QED) is 0.483. The number of rotatable bonds is 3. The van der Waals surface area contributed by atoms with Gasteiger partial charge < -0.3 is 14.8 Å². The van der Waals surface area contributed by atoms with Crippen molar-refractivity contribution in [3.05, 3.63) is 19.0 Å². The van der Waals surface area contributed by atoms with Crippen LogP contribution in [0.2, 0.25) is 0 Å². The molecule has 0 unspecified atom stereocenters. The summed E-state index contributed by atoms with van der Waals surface area (Å²) in [6, 6.07) is 1.04. The predicted molar refractivity (Wildman–Crippen MR) is 122 cm³/mol. The SMILES string of the molecule is CN[C@@H]1CCCC[C@H]1N(C)c1nc2c(Br)c(Br)c(Br)c3c2n1CCC3.Cl. The van der Waals surface area contributed by atoms with Crippen molar-refractivity contribution in [2.24, 2.45) is 0 Å². The van der Waals surface area contributed by atoms with Crippen molar-refractivity contribution in [3.8, 4) is 0 Å². The fourth-order valence-electron chi connectivity index (χ4n) is 4.52. The number of hydrogen-bond donors (Lipinski definition) is 1. The van der Waals surface area contributed by atoms with E-state index in [0.717, 1.165) is 44.3 Å². The summed E-state index contributed by atoms with van der Waals surface area (Å²) in [5, 5.41) is 3.53. The summed E-state index contributed by atoms with van der Waals surface area (Å²) in [5.41, 5.74) is 3.73. The number of benzene rings is 1. The summed E-state index contributed by atoms with van der Waals surface area (Å²) in [6.07, 6.45) is 7.36. The highest BCUT2D eigenvalue weighted by molar-refractivity contribution is 9.14. The minimum atomic E-state index is 0. The third-order valence-corrected chi connectivity index (χ3v) is 9.32. The Morgan fingerprint density at radius 1 is 1.08 bits per heavy atom. The van der Waals surface area contributed by atoms with Crippen molar-refractivity contribution < 1.29 is 0 Å². The monoisotopic (exact) mass is 568 g/mol. The van der Waals surface area contributed by atoms with E-state index in [-0.39, 0.29) is 12.4 Å². The number of nitrogens with one attached hydrogen (secondary N) is 1. The number of imidazole rings is 1. The van der Waals surface area contributed by atoms with E-state index >= 15 is 0 Å². The largest absolute Gasteiger partial charge is 0.341 e. The van der Waals surface area contributed by atoms with Crippen LogP contribution < -0.4 is 10.2 Å². The molecule has 8 heteroatoms. The minimum absolute atomic E-state index is 0. The van der Waals surface area contributed by atoms with Crippen LogP contribution in [-0.4, -0.2) is 35.7 Å². The lowest BCUT2D eigenvalue weighted by atomic mass is 9.89. The number of aryl methyl sites for hydroxylation is 2. The normalized spacial score (nSPS) is 22.3. The maximum Gasteiger partial charge on any atom is 0.206 e. The average Bonchev–Trinajstić information content (AvgIpc) is 3.04. The zero-order valence-electron chi connectivity index (χ0n) is 15.0. The van der Waals surface area contributed by atoms with Gasteiger partial charge in [0.25, 0.3) is 0 Å². The van der Waals surface area contributed by atoms with Gasteiger partial charge in [-0.3, -0.25) is 0 Å². The first-order valence-corrected chi connectivity index (χ1v) is 11.4. The van der Waals surface area contributed by atoms with Gasteiger partial charge in [0, 0.05) is 34.6 Å². The second-order valence-corrected chi connectivity index (χ2v) is 9.52. The molecular weight excluding hydrogens is 547 g/mol. The third kappa shape index (κ3) is 3.25. The van der Waals surface area contributed by atoms with E-state index in [1.165, 1.54) is 36.8 Å². The minimum Gasteiger partial charge on any atom is -0.341 e. The second kappa shape index (κ2) is 8.27. The van der Waals surface area contributed by atoms with E-state index in [2.05, 4.69) is 76.7 Å². The molecule has 1 aromatic carbocycles. The molecule has 4 rings (SSSR count). The first-order chi connectivity index (χ1) is 12.0. The van der Waals surface area contributed by atoms with E-state index in [0.29, 0.717) is 12.1 Å². The van der Waals surface area contributed by atoms with Gasteiger partial charge in [-0.2, -0.15) is 0 Å². The molecule has 0 spiro atoms. The molecule has 2 aliphatic rings. The Morgan fingerprint density at radius 3 is 2.54 bits per heavy atom. The molecule has 2 atom stereocenters. The van der Waals surface area contributed by atoms with Gasteiger partial charge in [0.1, 0.15) is 5.52 Å². The Morgan fingerprint density at radius 2 is 1.81 bits per heavy atom. The molecule has 2 aromatic rings. The Bertz CT molecular complexity index is 823. The smallest absolute Gasteiger partial charge is 0.206 e. The maximum atomic E-state index is 5.09. The van der Waals surface area contributed by atoms with E-state index in [1.807, 2.05) is 0 Å². The van der Waals surface area contributed by atoms with Crippen molar-refractivity contribution in [1.82, 2.24) is 14.9 Å². The number of hydrogen-bond acceptors (Lipinski definition) is 3. The Hall–Kier alpha value is 0.180. The number of nitrogens with zero attached hydrogens (tertiary/aromatic N) is 3. The number of likely N-dealkylation sites (N-methyl/N-ethyl adjacent to an activating group) is 2. The fourth-order valence-corrected chi connectivity index (χ4v) is 6.27. The number of halogens is 4. The molecule has 4 nitrogen and oxygen atoms in total. The number of aromatic nitrogens is 2. The van der Waals surface area contributed by atoms with E-state index < -0.39 is 0 Å². The van der Waals surface area contributed by atoms with Gasteiger partial charge in [-0.05, 0) is 86.1 Å². The highest BCUT2D eigenvalue weighted by Crippen LogP contribution is 2.44. The van der Waals surface area contributed by atoms with Crippen molar-refractivity contribution in [1.29, 1.82) is 0 Å². The van der Waals surface area contributed by atoms with E-state index in [9.17, 15) is 0 Å². The van der Waals surface area contributed by atoms with Gasteiger partial charge in [0.2, 0.25) is 5.95 Å². The molecule has 1 fully saturated rings. The molecule has 1 N–H and O–H groups in total. The fraction of sp³-hybridized carbons (Fsp3) is 0.611. The van der Waals surface area contributed by atoms with Gasteiger partial charge in [-0.15, -0.1) is 12.4 Å². The molecule has 0 amide bonds. The van der Waals surface area contributed by atoms with Crippen LogP contribution in [0.5, 0.6) is 0 Å². The van der Waals surface area contributed by atoms with Crippen LogP contribution >= 0.6 is 60.2 Å². The Balaban J connectivity index is 0.00000196. The second-order valence-electron chi connectivity index (χ2n) is 7.14. The summed E-state index contributed by atoms with van der Waals surface area (Å²) in [4.78, 5) is 7.51. The lowest BCUT2D eigenvalue weighted by molar-refractivity contribution is 0.331. The van der Waals surface area contributed by atoms with Crippen LogP contribution in [0.3, 0.4) is 0 Å².